The Morgan fingerprint density at radius 2 is 1.52 bits per heavy atom. The van der Waals surface area contributed by atoms with Gasteiger partial charge in [-0.15, -0.1) is 0 Å². The van der Waals surface area contributed by atoms with Crippen LogP contribution in [-0.4, -0.2) is 21.8 Å². The maximum Gasteiger partial charge on any atom is 0.337 e. The van der Waals surface area contributed by atoms with Crippen LogP contribution in [0.15, 0.2) is 34.9 Å². The average molecular weight is 420 g/mol. The monoisotopic (exact) mass is 420 g/mol. The van der Waals surface area contributed by atoms with E-state index in [9.17, 15) is 18.9 Å². The summed E-state index contributed by atoms with van der Waals surface area (Å²) >= 11 is 0. The molecule has 27 heavy (non-hydrogen) atoms. The fraction of sp³-hybridized carbons (Fsp3) is 0.700. The van der Waals surface area contributed by atoms with Gasteiger partial charge in [0, 0.05) is 0 Å². The minimum Gasteiger partial charge on any atom is -0.330 e. The molecule has 0 saturated carbocycles. The first-order valence-corrected chi connectivity index (χ1v) is 12.8. The van der Waals surface area contributed by atoms with Gasteiger partial charge in [0.1, 0.15) is 5.40 Å². The summed E-state index contributed by atoms with van der Waals surface area (Å²) in [5, 5.41) is -1.16. The SMILES string of the molecule is CCO[PH](=O)C(CCCC=C(C)CCC=C(C)CCC=C(C)C)P(=O)(O)O. The van der Waals surface area contributed by atoms with Crippen molar-refractivity contribution in [3.8, 4) is 0 Å². The lowest BCUT2D eigenvalue weighted by Gasteiger charge is -2.17. The van der Waals surface area contributed by atoms with E-state index in [-0.39, 0.29) is 13.0 Å². The minimum absolute atomic E-state index is 0.203. The van der Waals surface area contributed by atoms with Crippen molar-refractivity contribution in [2.75, 3.05) is 6.61 Å². The molecule has 0 aliphatic heterocycles. The summed E-state index contributed by atoms with van der Waals surface area (Å²) in [6, 6.07) is 0. The van der Waals surface area contributed by atoms with Crippen molar-refractivity contribution < 1.29 is 23.4 Å². The molecule has 2 atom stereocenters. The van der Waals surface area contributed by atoms with Crippen LogP contribution in [-0.2, 0) is 13.7 Å². The number of rotatable bonds is 14. The van der Waals surface area contributed by atoms with Gasteiger partial charge in [0.05, 0.1) is 6.61 Å². The highest BCUT2D eigenvalue weighted by molar-refractivity contribution is 7.65. The number of hydrogen-bond donors (Lipinski definition) is 2. The van der Waals surface area contributed by atoms with Gasteiger partial charge in [0.15, 0.2) is 0 Å². The first-order chi connectivity index (χ1) is 12.6. The van der Waals surface area contributed by atoms with E-state index in [4.69, 9.17) is 4.52 Å². The molecule has 0 radical (unpaired) electrons. The van der Waals surface area contributed by atoms with Crippen molar-refractivity contribution in [1.29, 1.82) is 0 Å². The summed E-state index contributed by atoms with van der Waals surface area (Å²) in [4.78, 5) is 18.7. The lowest BCUT2D eigenvalue weighted by Crippen LogP contribution is -2.05. The Balaban J connectivity index is 4.29. The quantitative estimate of drug-likeness (QED) is 0.188. The molecule has 0 aliphatic carbocycles. The number of hydrogen-bond acceptors (Lipinski definition) is 3. The number of allylic oxidation sites excluding steroid dienone is 6. The summed E-state index contributed by atoms with van der Waals surface area (Å²) in [5.74, 6) is 0. The number of unbranched alkanes of at least 4 members (excludes halogenated alkanes) is 1. The fourth-order valence-electron chi connectivity index (χ4n) is 2.66. The average Bonchev–Trinajstić information content (AvgIpc) is 2.53. The molecule has 0 saturated heterocycles. The van der Waals surface area contributed by atoms with Crippen molar-refractivity contribution >= 4 is 15.6 Å². The Hall–Kier alpha value is -0.440. The molecule has 0 rings (SSSR count). The standard InChI is InChI=1S/C20H38O5P2/c1-6-25-26(21)20(27(22,23)24)16-8-7-12-18(4)14-10-15-19(5)13-9-11-17(2)3/h11-12,15,20,26H,6-10,13-14,16H2,1-5H3,(H2,22,23,24). The third-order valence-electron chi connectivity index (χ3n) is 4.26. The Morgan fingerprint density at radius 3 is 2.00 bits per heavy atom. The highest BCUT2D eigenvalue weighted by atomic mass is 31.2. The molecule has 2 unspecified atom stereocenters. The van der Waals surface area contributed by atoms with Crippen LogP contribution in [0.25, 0.3) is 0 Å². The van der Waals surface area contributed by atoms with E-state index in [1.807, 2.05) is 0 Å². The second-order valence-electron chi connectivity index (χ2n) is 7.25. The second-order valence-corrected chi connectivity index (χ2v) is 11.2. The van der Waals surface area contributed by atoms with Gasteiger partial charge in [-0.1, -0.05) is 34.9 Å². The first kappa shape index (κ1) is 26.6. The van der Waals surface area contributed by atoms with Crippen LogP contribution in [0.5, 0.6) is 0 Å². The lowest BCUT2D eigenvalue weighted by molar-refractivity contribution is 0.332. The van der Waals surface area contributed by atoms with Gasteiger partial charge in [-0.3, -0.25) is 9.13 Å². The largest absolute Gasteiger partial charge is 0.337 e. The predicted molar refractivity (Wildman–Crippen MR) is 116 cm³/mol. The lowest BCUT2D eigenvalue weighted by atomic mass is 10.1. The zero-order chi connectivity index (χ0) is 20.9. The van der Waals surface area contributed by atoms with Crippen LogP contribution in [0.1, 0.15) is 79.6 Å². The molecular weight excluding hydrogens is 382 g/mol. The molecule has 2 N–H and O–H groups in total. The summed E-state index contributed by atoms with van der Waals surface area (Å²) in [5.41, 5.74) is 4.04. The maximum atomic E-state index is 11.9. The van der Waals surface area contributed by atoms with Gasteiger partial charge in [-0.05, 0) is 79.6 Å². The highest BCUT2D eigenvalue weighted by Gasteiger charge is 2.33. The highest BCUT2D eigenvalue weighted by Crippen LogP contribution is 2.55. The van der Waals surface area contributed by atoms with Gasteiger partial charge in [0.2, 0.25) is 8.03 Å². The van der Waals surface area contributed by atoms with Gasteiger partial charge in [-0.2, -0.15) is 0 Å². The van der Waals surface area contributed by atoms with Gasteiger partial charge in [-0.25, -0.2) is 0 Å². The third kappa shape index (κ3) is 14.2. The van der Waals surface area contributed by atoms with E-state index in [0.29, 0.717) is 6.42 Å². The molecule has 0 aromatic rings. The molecule has 7 heteroatoms. The topological polar surface area (TPSA) is 83.8 Å². The fourth-order valence-corrected chi connectivity index (χ4v) is 5.42. The molecule has 0 aliphatic rings. The van der Waals surface area contributed by atoms with Crippen LogP contribution in [0.3, 0.4) is 0 Å². The molecule has 0 bridgehead atoms. The van der Waals surface area contributed by atoms with Crippen molar-refractivity contribution in [3.63, 3.8) is 0 Å². The Morgan fingerprint density at radius 1 is 1.00 bits per heavy atom. The molecule has 0 spiro atoms. The normalized spacial score (nSPS) is 15.5. The minimum atomic E-state index is -4.39. The van der Waals surface area contributed by atoms with Crippen molar-refractivity contribution in [2.24, 2.45) is 0 Å². The van der Waals surface area contributed by atoms with Crippen LogP contribution in [0, 0.1) is 0 Å². The zero-order valence-electron chi connectivity index (χ0n) is 17.5. The second kappa shape index (κ2) is 14.5. The molecule has 158 valence electrons. The van der Waals surface area contributed by atoms with E-state index < -0.39 is 21.0 Å². The first-order valence-electron chi connectivity index (χ1n) is 9.74. The van der Waals surface area contributed by atoms with E-state index >= 15 is 0 Å². The van der Waals surface area contributed by atoms with Gasteiger partial charge >= 0.3 is 7.60 Å². The summed E-state index contributed by atoms with van der Waals surface area (Å²) in [6.07, 6.45) is 12.4. The summed E-state index contributed by atoms with van der Waals surface area (Å²) in [6.45, 7) is 10.4. The van der Waals surface area contributed by atoms with Crippen molar-refractivity contribution in [2.45, 2.75) is 85.0 Å². The van der Waals surface area contributed by atoms with Gasteiger partial charge < -0.3 is 14.3 Å². The van der Waals surface area contributed by atoms with Crippen molar-refractivity contribution in [3.05, 3.63) is 34.9 Å². The molecule has 0 heterocycles. The Bertz CT molecular complexity index is 583. The molecule has 0 aromatic heterocycles. The van der Waals surface area contributed by atoms with E-state index in [2.05, 4.69) is 45.9 Å². The van der Waals surface area contributed by atoms with E-state index in [0.717, 1.165) is 32.1 Å². The van der Waals surface area contributed by atoms with Crippen LogP contribution >= 0.6 is 15.6 Å². The molecular formula is C20H38O5P2. The third-order valence-corrected chi connectivity index (χ3v) is 8.38. The van der Waals surface area contributed by atoms with Gasteiger partial charge in [0.25, 0.3) is 0 Å². The molecule has 0 aromatic carbocycles. The maximum absolute atomic E-state index is 11.9. The van der Waals surface area contributed by atoms with E-state index in [1.54, 1.807) is 6.92 Å². The molecule has 0 fully saturated rings. The van der Waals surface area contributed by atoms with E-state index in [1.165, 1.54) is 16.7 Å². The smallest absolute Gasteiger partial charge is 0.330 e. The Labute approximate surface area is 166 Å². The van der Waals surface area contributed by atoms with Crippen LogP contribution in [0.4, 0.5) is 0 Å². The summed E-state index contributed by atoms with van der Waals surface area (Å²) < 4.78 is 28.3. The zero-order valence-corrected chi connectivity index (χ0v) is 19.4. The Kier molecular flexibility index (Phi) is 14.3. The molecule has 0 amide bonds. The predicted octanol–water partition coefficient (Wildman–Crippen LogP) is 6.59. The van der Waals surface area contributed by atoms with Crippen LogP contribution in [0.2, 0.25) is 0 Å². The van der Waals surface area contributed by atoms with Crippen molar-refractivity contribution in [1.82, 2.24) is 0 Å². The summed E-state index contributed by atoms with van der Waals surface area (Å²) in [7, 11) is -7.11. The molecule has 5 nitrogen and oxygen atoms in total. The van der Waals surface area contributed by atoms with Crippen LogP contribution < -0.4 is 0 Å².